The second-order valence-corrected chi connectivity index (χ2v) is 7.74. The Bertz CT molecular complexity index is 1100. The lowest BCUT2D eigenvalue weighted by atomic mass is 10.1. The third kappa shape index (κ3) is 4.36. The zero-order chi connectivity index (χ0) is 20.9. The van der Waals surface area contributed by atoms with E-state index in [4.69, 9.17) is 9.47 Å². The summed E-state index contributed by atoms with van der Waals surface area (Å²) in [6, 6.07) is 15.3. The summed E-state index contributed by atoms with van der Waals surface area (Å²) >= 11 is 1.53. The lowest BCUT2D eigenvalue weighted by Gasteiger charge is -2.05. The van der Waals surface area contributed by atoms with Crippen molar-refractivity contribution in [2.75, 3.05) is 13.2 Å². The van der Waals surface area contributed by atoms with Crippen molar-refractivity contribution in [3.63, 3.8) is 0 Å². The molecule has 0 amide bonds. The molecule has 4 rings (SSSR count). The van der Waals surface area contributed by atoms with Crippen molar-refractivity contribution in [2.45, 2.75) is 26.7 Å². The fourth-order valence-corrected chi connectivity index (χ4v) is 3.86. The SMILES string of the molecule is CCCCOc1ccc(-c2nn3cc(-c4ccc(C(=O)OCC)cc4)nc3s2)cc1. The molecule has 0 N–H and O–H groups in total. The number of aromatic nitrogens is 3. The molecule has 4 aromatic rings. The molecule has 0 fully saturated rings. The lowest BCUT2D eigenvalue weighted by Crippen LogP contribution is -2.03. The maximum absolute atomic E-state index is 11.8. The topological polar surface area (TPSA) is 65.7 Å². The molecule has 0 aliphatic heterocycles. The van der Waals surface area contributed by atoms with Gasteiger partial charge in [-0.3, -0.25) is 0 Å². The number of unbranched alkanes of at least 4 members (excludes halogenated alkanes) is 1. The van der Waals surface area contributed by atoms with Crippen molar-refractivity contribution < 1.29 is 14.3 Å². The van der Waals surface area contributed by atoms with Gasteiger partial charge in [-0.15, -0.1) is 0 Å². The zero-order valence-electron chi connectivity index (χ0n) is 17.0. The number of rotatable bonds is 8. The van der Waals surface area contributed by atoms with Crippen molar-refractivity contribution in [1.82, 2.24) is 14.6 Å². The minimum Gasteiger partial charge on any atom is -0.494 e. The van der Waals surface area contributed by atoms with Crippen molar-refractivity contribution in [3.8, 4) is 27.6 Å². The predicted molar refractivity (Wildman–Crippen MR) is 118 cm³/mol. The predicted octanol–water partition coefficient (Wildman–Crippen LogP) is 5.48. The molecule has 30 heavy (non-hydrogen) atoms. The number of benzene rings is 2. The van der Waals surface area contributed by atoms with Crippen LogP contribution >= 0.6 is 11.3 Å². The molecule has 2 aromatic carbocycles. The van der Waals surface area contributed by atoms with Gasteiger partial charge in [0.25, 0.3) is 0 Å². The van der Waals surface area contributed by atoms with Gasteiger partial charge in [-0.25, -0.2) is 14.3 Å². The van der Waals surface area contributed by atoms with Crippen LogP contribution in [0.4, 0.5) is 0 Å². The Hall–Kier alpha value is -3.19. The fourth-order valence-electron chi connectivity index (χ4n) is 2.98. The molecule has 0 saturated carbocycles. The van der Waals surface area contributed by atoms with Gasteiger partial charge in [0.15, 0.2) is 0 Å². The molecule has 2 heterocycles. The highest BCUT2D eigenvalue weighted by atomic mass is 32.1. The van der Waals surface area contributed by atoms with Crippen LogP contribution in [0.25, 0.3) is 26.8 Å². The van der Waals surface area contributed by atoms with Crippen LogP contribution in [0.5, 0.6) is 5.75 Å². The molecule has 0 saturated heterocycles. The number of hydrogen-bond donors (Lipinski definition) is 0. The highest BCUT2D eigenvalue weighted by Crippen LogP contribution is 2.29. The number of carbonyl (C=O) groups excluding carboxylic acids is 1. The van der Waals surface area contributed by atoms with E-state index in [9.17, 15) is 4.79 Å². The third-order valence-electron chi connectivity index (χ3n) is 4.60. The minimum atomic E-state index is -0.317. The number of hydrogen-bond acceptors (Lipinski definition) is 6. The number of fused-ring (bicyclic) bond motifs is 1. The molecular weight excluding hydrogens is 398 g/mol. The Morgan fingerprint density at radius 3 is 2.43 bits per heavy atom. The van der Waals surface area contributed by atoms with Crippen LogP contribution in [0.3, 0.4) is 0 Å². The number of carbonyl (C=O) groups is 1. The first-order valence-corrected chi connectivity index (χ1v) is 10.9. The highest BCUT2D eigenvalue weighted by molar-refractivity contribution is 7.19. The van der Waals surface area contributed by atoms with Gasteiger partial charge in [-0.2, -0.15) is 5.10 Å². The first-order chi connectivity index (χ1) is 14.7. The molecule has 0 unspecified atom stereocenters. The van der Waals surface area contributed by atoms with E-state index in [1.54, 1.807) is 23.6 Å². The average Bonchev–Trinajstić information content (AvgIpc) is 3.34. The molecule has 0 atom stereocenters. The van der Waals surface area contributed by atoms with Crippen LogP contribution in [0.1, 0.15) is 37.0 Å². The Labute approximate surface area is 179 Å². The van der Waals surface area contributed by atoms with Gasteiger partial charge in [0, 0.05) is 11.1 Å². The van der Waals surface area contributed by atoms with E-state index in [1.165, 1.54) is 11.3 Å². The Balaban J connectivity index is 1.49. The quantitative estimate of drug-likeness (QED) is 0.278. The minimum absolute atomic E-state index is 0.317. The fraction of sp³-hybridized carbons (Fsp3) is 0.261. The monoisotopic (exact) mass is 421 g/mol. The van der Waals surface area contributed by atoms with Gasteiger partial charge in [0.2, 0.25) is 4.96 Å². The first-order valence-electron chi connectivity index (χ1n) is 10.0. The van der Waals surface area contributed by atoms with Gasteiger partial charge in [0.05, 0.1) is 30.7 Å². The smallest absolute Gasteiger partial charge is 0.338 e. The molecular formula is C23H23N3O3S. The van der Waals surface area contributed by atoms with E-state index < -0.39 is 0 Å². The van der Waals surface area contributed by atoms with Crippen LogP contribution in [-0.2, 0) is 4.74 Å². The summed E-state index contributed by atoms with van der Waals surface area (Å²) in [5, 5.41) is 5.57. The highest BCUT2D eigenvalue weighted by Gasteiger charge is 2.12. The maximum Gasteiger partial charge on any atom is 0.338 e. The Kier molecular flexibility index (Phi) is 6.09. The van der Waals surface area contributed by atoms with Crippen LogP contribution in [0, 0.1) is 0 Å². The summed E-state index contributed by atoms with van der Waals surface area (Å²) in [7, 11) is 0. The first kappa shape index (κ1) is 20.1. The van der Waals surface area contributed by atoms with Crippen LogP contribution in [0.2, 0.25) is 0 Å². The van der Waals surface area contributed by atoms with Crippen molar-refractivity contribution in [1.29, 1.82) is 0 Å². The summed E-state index contributed by atoms with van der Waals surface area (Å²) in [5.74, 6) is 0.560. The van der Waals surface area contributed by atoms with Crippen LogP contribution in [-0.4, -0.2) is 33.8 Å². The van der Waals surface area contributed by atoms with Crippen LogP contribution in [0.15, 0.2) is 54.7 Å². The molecule has 7 heteroatoms. The lowest BCUT2D eigenvalue weighted by molar-refractivity contribution is 0.0526. The molecule has 2 aromatic heterocycles. The molecule has 0 aliphatic rings. The Morgan fingerprint density at radius 1 is 1.03 bits per heavy atom. The number of nitrogens with zero attached hydrogens (tertiary/aromatic N) is 3. The van der Waals surface area contributed by atoms with Gasteiger partial charge in [-0.05, 0) is 49.7 Å². The molecule has 0 aliphatic carbocycles. The Morgan fingerprint density at radius 2 is 1.77 bits per heavy atom. The van der Waals surface area contributed by atoms with Crippen molar-refractivity contribution in [3.05, 3.63) is 60.3 Å². The standard InChI is InChI=1S/C23H23N3O3S/c1-3-5-14-29-19-12-10-17(11-13-19)21-25-26-15-20(24-23(26)30-21)16-6-8-18(9-7-16)22(27)28-4-2/h6-13,15H,3-5,14H2,1-2H3. The van der Waals surface area contributed by atoms with Crippen molar-refractivity contribution in [2.24, 2.45) is 0 Å². The number of esters is 1. The normalized spacial score (nSPS) is 11.0. The summed E-state index contributed by atoms with van der Waals surface area (Å²) in [6.07, 6.45) is 4.07. The van der Waals surface area contributed by atoms with Gasteiger partial charge in [0.1, 0.15) is 10.8 Å². The van der Waals surface area contributed by atoms with E-state index >= 15 is 0 Å². The second-order valence-electron chi connectivity index (χ2n) is 6.78. The van der Waals surface area contributed by atoms with Gasteiger partial charge < -0.3 is 9.47 Å². The summed E-state index contributed by atoms with van der Waals surface area (Å²) in [5.41, 5.74) is 3.31. The number of ether oxygens (including phenoxy) is 2. The van der Waals surface area contributed by atoms with Gasteiger partial charge >= 0.3 is 5.97 Å². The number of imidazole rings is 1. The molecule has 0 radical (unpaired) electrons. The van der Waals surface area contributed by atoms with E-state index in [-0.39, 0.29) is 5.97 Å². The molecule has 6 nitrogen and oxygen atoms in total. The summed E-state index contributed by atoms with van der Waals surface area (Å²) < 4.78 is 12.5. The average molecular weight is 422 g/mol. The zero-order valence-corrected chi connectivity index (χ0v) is 17.8. The van der Waals surface area contributed by atoms with E-state index in [0.717, 1.165) is 52.0 Å². The maximum atomic E-state index is 11.8. The van der Waals surface area contributed by atoms with Gasteiger partial charge in [-0.1, -0.05) is 36.8 Å². The van der Waals surface area contributed by atoms with E-state index in [1.807, 2.05) is 42.6 Å². The second kappa shape index (κ2) is 9.09. The third-order valence-corrected chi connectivity index (χ3v) is 5.57. The van der Waals surface area contributed by atoms with Crippen LogP contribution < -0.4 is 4.74 Å². The molecule has 0 spiro atoms. The van der Waals surface area contributed by atoms with Crippen molar-refractivity contribution >= 4 is 22.3 Å². The van der Waals surface area contributed by atoms with E-state index in [0.29, 0.717) is 12.2 Å². The molecule has 0 bridgehead atoms. The van der Waals surface area contributed by atoms with E-state index in [2.05, 4.69) is 17.0 Å². The molecule has 154 valence electrons. The summed E-state index contributed by atoms with van der Waals surface area (Å²) in [4.78, 5) is 17.3. The summed E-state index contributed by atoms with van der Waals surface area (Å²) in [6.45, 7) is 5.04. The largest absolute Gasteiger partial charge is 0.494 e.